The lowest BCUT2D eigenvalue weighted by Crippen LogP contribution is -2.42. The van der Waals surface area contributed by atoms with Crippen molar-refractivity contribution in [2.75, 3.05) is 19.6 Å². The van der Waals surface area contributed by atoms with Crippen LogP contribution in [0.15, 0.2) is 24.3 Å². The fourth-order valence-electron chi connectivity index (χ4n) is 2.74. The van der Waals surface area contributed by atoms with Crippen LogP contribution in [0.2, 0.25) is 0 Å². The van der Waals surface area contributed by atoms with Crippen molar-refractivity contribution in [2.45, 2.75) is 38.6 Å². The number of benzene rings is 1. The highest BCUT2D eigenvalue weighted by atomic mass is 35.5. The summed E-state index contributed by atoms with van der Waals surface area (Å²) in [5.41, 5.74) is 0.677. The first-order valence-electron chi connectivity index (χ1n) is 7.74. The number of hydrogen-bond donors (Lipinski definition) is 1. The fraction of sp³-hybridized carbons (Fsp3) is 0.562. The third kappa shape index (κ3) is 6.20. The number of rotatable bonds is 6. The van der Waals surface area contributed by atoms with Gasteiger partial charge in [0, 0.05) is 19.1 Å². The number of nitrogens with one attached hydrogen (secondary N) is 1. The quantitative estimate of drug-likeness (QED) is 0.841. The van der Waals surface area contributed by atoms with Crippen molar-refractivity contribution in [1.29, 1.82) is 0 Å². The molecular formula is C16H22ClF3N2O2. The minimum atomic E-state index is -4.70. The molecule has 0 aromatic heterocycles. The van der Waals surface area contributed by atoms with E-state index in [1.54, 1.807) is 0 Å². The first-order valence-corrected chi connectivity index (χ1v) is 7.74. The van der Waals surface area contributed by atoms with Crippen molar-refractivity contribution in [1.82, 2.24) is 10.2 Å². The summed E-state index contributed by atoms with van der Waals surface area (Å²) in [6.45, 7) is 4.41. The minimum Gasteiger partial charge on any atom is -0.406 e. The van der Waals surface area contributed by atoms with E-state index in [1.807, 2.05) is 11.8 Å². The Morgan fingerprint density at radius 3 is 2.50 bits per heavy atom. The summed E-state index contributed by atoms with van der Waals surface area (Å²) in [6.07, 6.45) is -2.71. The van der Waals surface area contributed by atoms with Gasteiger partial charge in [0.2, 0.25) is 5.91 Å². The summed E-state index contributed by atoms with van der Waals surface area (Å²) in [7, 11) is 0. The number of ether oxygens (including phenoxy) is 1. The summed E-state index contributed by atoms with van der Waals surface area (Å²) in [4.78, 5) is 14.4. The van der Waals surface area contributed by atoms with Gasteiger partial charge in [-0.05, 0) is 37.1 Å². The lowest BCUT2D eigenvalue weighted by Gasteiger charge is -2.28. The smallest absolute Gasteiger partial charge is 0.406 e. The molecule has 1 fully saturated rings. The molecule has 1 aliphatic heterocycles. The Morgan fingerprint density at radius 1 is 1.33 bits per heavy atom. The Morgan fingerprint density at radius 2 is 2.00 bits per heavy atom. The SMILES string of the molecule is CCCN(C(=O)Cc1ccc(OC(F)(F)F)cc1)C1CCNC1.Cl. The molecule has 1 N–H and O–H groups in total. The number of amides is 1. The van der Waals surface area contributed by atoms with Crippen LogP contribution in [0.3, 0.4) is 0 Å². The molecule has 8 heteroatoms. The van der Waals surface area contributed by atoms with Gasteiger partial charge in [0.15, 0.2) is 0 Å². The molecule has 0 spiro atoms. The Balaban J connectivity index is 0.00000288. The van der Waals surface area contributed by atoms with E-state index in [-0.39, 0.29) is 36.5 Å². The van der Waals surface area contributed by atoms with Gasteiger partial charge in [-0.1, -0.05) is 19.1 Å². The van der Waals surface area contributed by atoms with Gasteiger partial charge in [-0.3, -0.25) is 4.79 Å². The molecule has 0 radical (unpaired) electrons. The average molecular weight is 367 g/mol. The zero-order valence-electron chi connectivity index (χ0n) is 13.4. The normalized spacial score (nSPS) is 17.2. The Hall–Kier alpha value is -1.47. The van der Waals surface area contributed by atoms with Crippen LogP contribution in [0.4, 0.5) is 13.2 Å². The van der Waals surface area contributed by atoms with Gasteiger partial charge in [-0.2, -0.15) is 0 Å². The molecule has 1 heterocycles. The molecule has 4 nitrogen and oxygen atoms in total. The van der Waals surface area contributed by atoms with Crippen molar-refractivity contribution >= 4 is 18.3 Å². The number of halogens is 4. The molecule has 1 atom stereocenters. The average Bonchev–Trinajstić information content (AvgIpc) is 2.99. The van der Waals surface area contributed by atoms with Gasteiger partial charge in [-0.15, -0.1) is 25.6 Å². The molecule has 1 aromatic carbocycles. The van der Waals surface area contributed by atoms with Crippen LogP contribution in [-0.4, -0.2) is 42.8 Å². The van der Waals surface area contributed by atoms with E-state index in [2.05, 4.69) is 10.1 Å². The minimum absolute atomic E-state index is 0. The summed E-state index contributed by atoms with van der Waals surface area (Å²) in [6, 6.07) is 5.66. The molecule has 1 amide bonds. The second-order valence-corrected chi connectivity index (χ2v) is 5.60. The van der Waals surface area contributed by atoms with Crippen LogP contribution in [0.5, 0.6) is 5.75 Å². The molecule has 1 saturated heterocycles. The lowest BCUT2D eigenvalue weighted by atomic mass is 10.1. The second-order valence-electron chi connectivity index (χ2n) is 5.60. The molecule has 136 valence electrons. The van der Waals surface area contributed by atoms with E-state index < -0.39 is 6.36 Å². The first kappa shape index (κ1) is 20.6. The highest BCUT2D eigenvalue weighted by molar-refractivity contribution is 5.85. The molecule has 1 unspecified atom stereocenters. The highest BCUT2D eigenvalue weighted by Crippen LogP contribution is 2.23. The Labute approximate surface area is 145 Å². The highest BCUT2D eigenvalue weighted by Gasteiger charge is 2.31. The van der Waals surface area contributed by atoms with E-state index in [9.17, 15) is 18.0 Å². The van der Waals surface area contributed by atoms with Gasteiger partial charge in [0.1, 0.15) is 5.75 Å². The molecule has 0 aliphatic carbocycles. The van der Waals surface area contributed by atoms with Crippen molar-refractivity contribution in [2.24, 2.45) is 0 Å². The van der Waals surface area contributed by atoms with Crippen LogP contribution < -0.4 is 10.1 Å². The molecule has 0 saturated carbocycles. The number of carbonyl (C=O) groups excluding carboxylic acids is 1. The van der Waals surface area contributed by atoms with Gasteiger partial charge in [0.25, 0.3) is 0 Å². The van der Waals surface area contributed by atoms with Crippen LogP contribution in [0, 0.1) is 0 Å². The van der Waals surface area contributed by atoms with Crippen LogP contribution in [0.25, 0.3) is 0 Å². The molecular weight excluding hydrogens is 345 g/mol. The van der Waals surface area contributed by atoms with Crippen molar-refractivity contribution in [3.05, 3.63) is 29.8 Å². The summed E-state index contributed by atoms with van der Waals surface area (Å²) in [5, 5.41) is 3.24. The first-order chi connectivity index (χ1) is 10.9. The van der Waals surface area contributed by atoms with Crippen LogP contribution >= 0.6 is 12.4 Å². The van der Waals surface area contributed by atoms with Gasteiger partial charge in [-0.25, -0.2) is 0 Å². The molecule has 1 aliphatic rings. The fourth-order valence-corrected chi connectivity index (χ4v) is 2.74. The van der Waals surface area contributed by atoms with E-state index >= 15 is 0 Å². The maximum atomic E-state index is 12.5. The summed E-state index contributed by atoms with van der Waals surface area (Å²) in [5.74, 6) is -0.274. The van der Waals surface area contributed by atoms with Crippen molar-refractivity contribution in [3.8, 4) is 5.75 Å². The molecule has 0 bridgehead atoms. The number of hydrogen-bond acceptors (Lipinski definition) is 3. The summed E-state index contributed by atoms with van der Waals surface area (Å²) < 4.78 is 40.2. The Bertz CT molecular complexity index is 517. The standard InChI is InChI=1S/C16H21F3N2O2.ClH/c1-2-9-21(13-7-8-20-11-13)15(22)10-12-3-5-14(6-4-12)23-16(17,18)19;/h3-6,13,20H,2,7-11H2,1H3;1H. The summed E-state index contributed by atoms with van der Waals surface area (Å²) >= 11 is 0. The van der Waals surface area contributed by atoms with E-state index in [4.69, 9.17) is 0 Å². The third-order valence-electron chi connectivity index (χ3n) is 3.77. The largest absolute Gasteiger partial charge is 0.573 e. The second kappa shape index (κ2) is 9.13. The molecule has 1 aromatic rings. The van der Waals surface area contributed by atoms with Crippen molar-refractivity contribution < 1.29 is 22.7 Å². The number of carbonyl (C=O) groups is 1. The van der Waals surface area contributed by atoms with Crippen molar-refractivity contribution in [3.63, 3.8) is 0 Å². The maximum Gasteiger partial charge on any atom is 0.573 e. The van der Waals surface area contributed by atoms with Gasteiger partial charge in [0.05, 0.1) is 6.42 Å². The predicted octanol–water partition coefficient (Wildman–Crippen LogP) is 3.15. The molecule has 2 rings (SSSR count). The van der Waals surface area contributed by atoms with Crippen LogP contribution in [0.1, 0.15) is 25.3 Å². The zero-order valence-corrected chi connectivity index (χ0v) is 14.3. The molecule has 24 heavy (non-hydrogen) atoms. The van der Waals surface area contributed by atoms with E-state index in [0.717, 1.165) is 25.9 Å². The van der Waals surface area contributed by atoms with Gasteiger partial charge < -0.3 is 15.0 Å². The lowest BCUT2D eigenvalue weighted by molar-refractivity contribution is -0.274. The maximum absolute atomic E-state index is 12.5. The van der Waals surface area contributed by atoms with E-state index in [1.165, 1.54) is 24.3 Å². The topological polar surface area (TPSA) is 41.6 Å². The zero-order chi connectivity index (χ0) is 16.9. The van der Waals surface area contributed by atoms with Crippen LogP contribution in [-0.2, 0) is 11.2 Å². The third-order valence-corrected chi connectivity index (χ3v) is 3.77. The van der Waals surface area contributed by atoms with Gasteiger partial charge >= 0.3 is 6.36 Å². The predicted molar refractivity (Wildman–Crippen MR) is 87.4 cm³/mol. The number of nitrogens with zero attached hydrogens (tertiary/aromatic N) is 1. The monoisotopic (exact) mass is 366 g/mol. The number of alkyl halides is 3. The Kier molecular flexibility index (Phi) is 7.83. The van der Waals surface area contributed by atoms with E-state index in [0.29, 0.717) is 12.1 Å².